The molecular formula is C42H52MoN2S5. The molecule has 0 aliphatic heterocycles. The Morgan fingerprint density at radius 2 is 0.640 bits per heavy atom. The van der Waals surface area contributed by atoms with Crippen LogP contribution >= 0.6 is 34.3 Å². The Balaban J connectivity index is 0.000000330. The number of para-hydroxylation sites is 4. The minimum atomic E-state index is 0.489. The van der Waals surface area contributed by atoms with Gasteiger partial charge in [-0.2, -0.15) is 0 Å². The molecule has 0 amide bonds. The summed E-state index contributed by atoms with van der Waals surface area (Å²) in [5, 5.41) is 0. The molecule has 0 aliphatic carbocycles. The van der Waals surface area contributed by atoms with Gasteiger partial charge in [-0.15, -0.1) is 0 Å². The van der Waals surface area contributed by atoms with Gasteiger partial charge in [0.2, 0.25) is 0 Å². The van der Waals surface area contributed by atoms with E-state index >= 15 is 0 Å². The topological polar surface area (TPSA) is 6.48 Å². The average Bonchev–Trinajstić information content (AvgIpc) is 3.14. The first kappa shape index (κ1) is 44.2. The molecule has 0 N–H and O–H groups in total. The Morgan fingerprint density at radius 3 is 0.820 bits per heavy atom. The molecule has 4 aromatic rings. The number of unbranched alkanes of at least 4 members (excludes halogenated alkanes) is 4. The van der Waals surface area contributed by atoms with Crippen molar-refractivity contribution in [2.24, 2.45) is 0 Å². The third-order valence-corrected chi connectivity index (χ3v) is 9.22. The first-order chi connectivity index (χ1) is 24.4. The van der Waals surface area contributed by atoms with Gasteiger partial charge in [0.15, 0.2) is 0 Å². The molecule has 4 aromatic carbocycles. The minimum absolute atomic E-state index is 0.489. The van der Waals surface area contributed by atoms with E-state index in [-0.39, 0.29) is 0 Å². The number of nitrogens with zero attached hydrogens (tertiary/aromatic N) is 2. The van der Waals surface area contributed by atoms with E-state index in [1.165, 1.54) is 91.6 Å². The zero-order chi connectivity index (χ0) is 36.7. The maximum absolute atomic E-state index is 5.47. The van der Waals surface area contributed by atoms with Crippen molar-refractivity contribution in [1.82, 2.24) is 0 Å². The van der Waals surface area contributed by atoms with E-state index in [1.807, 2.05) is 0 Å². The fourth-order valence-electron chi connectivity index (χ4n) is 5.88. The van der Waals surface area contributed by atoms with Crippen molar-refractivity contribution in [1.29, 1.82) is 0 Å². The number of anilines is 4. The van der Waals surface area contributed by atoms with Crippen LogP contribution < -0.4 is 9.80 Å². The molecule has 0 saturated carbocycles. The molecule has 2 nitrogen and oxygen atoms in total. The Kier molecular flexibility index (Phi) is 22.9. The molecule has 0 spiro atoms. The van der Waals surface area contributed by atoms with Gasteiger partial charge in [-0.25, -0.2) is 0 Å². The van der Waals surface area contributed by atoms with E-state index in [0.717, 1.165) is 48.4 Å². The second-order valence-electron chi connectivity index (χ2n) is 12.1. The van der Waals surface area contributed by atoms with Crippen molar-refractivity contribution in [3.05, 3.63) is 119 Å². The van der Waals surface area contributed by atoms with E-state index in [0.29, 0.717) is 8.64 Å². The summed E-state index contributed by atoms with van der Waals surface area (Å²) in [6.45, 7) is 8.88. The molecule has 0 saturated heterocycles. The van der Waals surface area contributed by atoms with Crippen LogP contribution in [0.1, 0.15) is 101 Å². The van der Waals surface area contributed by atoms with Gasteiger partial charge >= 0.3 is 27.8 Å². The van der Waals surface area contributed by atoms with Gasteiger partial charge in [0.25, 0.3) is 0 Å². The van der Waals surface area contributed by atoms with Crippen LogP contribution in [-0.4, -0.2) is 8.64 Å². The fraction of sp³-hybridized carbons (Fsp3) is 0.381. The molecule has 50 heavy (non-hydrogen) atoms. The first-order valence-electron chi connectivity index (χ1n) is 17.9. The number of thiocarbonyl (C=S) groups is 2. The van der Waals surface area contributed by atoms with Crippen molar-refractivity contribution in [2.45, 2.75) is 105 Å². The molecule has 0 bridgehead atoms. The van der Waals surface area contributed by atoms with E-state index in [4.69, 9.17) is 49.7 Å². The molecule has 266 valence electrons. The van der Waals surface area contributed by atoms with Crippen molar-refractivity contribution >= 4 is 90.9 Å². The summed E-state index contributed by atoms with van der Waals surface area (Å²) in [5.41, 5.74) is 9.80. The zero-order valence-corrected chi connectivity index (χ0v) is 36.2. The molecule has 4 rings (SSSR count). The maximum atomic E-state index is 5.47. The second kappa shape index (κ2) is 25.9. The van der Waals surface area contributed by atoms with Crippen LogP contribution in [0.5, 0.6) is 0 Å². The van der Waals surface area contributed by atoms with Gasteiger partial charge < -0.3 is 59.5 Å². The quantitative estimate of drug-likeness (QED) is 0.0622. The third kappa shape index (κ3) is 13.9. The Bertz CT molecular complexity index is 1370. The Hall–Kier alpha value is -1.99. The van der Waals surface area contributed by atoms with E-state index in [1.54, 1.807) is 0 Å². The first-order valence-corrected chi connectivity index (χ1v) is 22.3. The molecule has 0 unspecified atom stereocenters. The average molecular weight is 841 g/mol. The predicted molar refractivity (Wildman–Crippen MR) is 232 cm³/mol. The van der Waals surface area contributed by atoms with Crippen LogP contribution in [-0.2, 0) is 68.9 Å². The summed E-state index contributed by atoms with van der Waals surface area (Å²) in [5.74, 6) is 0. The Labute approximate surface area is 340 Å². The van der Waals surface area contributed by atoms with Crippen LogP contribution in [0.4, 0.5) is 22.7 Å². The second-order valence-corrected chi connectivity index (χ2v) is 14.2. The SMILES string of the molecule is CCCCc1ccccc1N(C(=S)[S-])c1ccccc1CCCC.CCCCc1ccccc1N(C(=S)[S-])c1ccccc1CCCC.[S]=[Mo+2]. The molecule has 0 atom stereocenters. The zero-order valence-electron chi connectivity index (χ0n) is 30.1. The molecule has 0 aromatic heterocycles. The summed E-state index contributed by atoms with van der Waals surface area (Å²) < 4.78 is 0.978. The van der Waals surface area contributed by atoms with Crippen LogP contribution in [0.25, 0.3) is 0 Å². The van der Waals surface area contributed by atoms with E-state index in [2.05, 4.69) is 144 Å². The van der Waals surface area contributed by atoms with Crippen molar-refractivity contribution < 1.29 is 18.0 Å². The monoisotopic (exact) mass is 842 g/mol. The standard InChI is InChI=1S/2C21H27NS2.Mo.S/c2*1-3-5-11-17-13-7-9-15-19(17)22(21(23)24)20-16-10-8-14-18(20)12-6-4-2;;/h2*7-10,13-16H,3-6,11-12H2,1-2H3,(H,23,24);;/q;;+2;/p-2. The molecular weight excluding hydrogens is 789 g/mol. The number of hydrogen-bond acceptors (Lipinski definition) is 5. The van der Waals surface area contributed by atoms with Gasteiger partial charge in [-0.3, -0.25) is 0 Å². The summed E-state index contributed by atoms with van der Waals surface area (Å²) in [4.78, 5) is 4.17. The fourth-order valence-corrected chi connectivity index (χ4v) is 6.67. The van der Waals surface area contributed by atoms with Crippen LogP contribution in [0.15, 0.2) is 97.1 Å². The Morgan fingerprint density at radius 1 is 0.440 bits per heavy atom. The molecule has 0 aliphatic rings. The van der Waals surface area contributed by atoms with E-state index in [9.17, 15) is 0 Å². The van der Waals surface area contributed by atoms with Crippen molar-refractivity contribution in [3.8, 4) is 0 Å². The number of rotatable bonds is 16. The van der Waals surface area contributed by atoms with Crippen LogP contribution in [0, 0.1) is 0 Å². The summed E-state index contributed by atoms with van der Waals surface area (Å²) >= 11 is 23.4. The van der Waals surface area contributed by atoms with Gasteiger partial charge in [0.05, 0.1) is 0 Å². The van der Waals surface area contributed by atoms with Crippen LogP contribution in [0.2, 0.25) is 0 Å². The van der Waals surface area contributed by atoms with Crippen molar-refractivity contribution in [3.63, 3.8) is 0 Å². The summed E-state index contributed by atoms with van der Waals surface area (Å²) in [7, 11) is 4.09. The van der Waals surface area contributed by atoms with E-state index < -0.39 is 0 Å². The number of aryl methyl sites for hydroxylation is 4. The summed E-state index contributed by atoms with van der Waals surface area (Å²) in [6.07, 6.45) is 13.6. The van der Waals surface area contributed by atoms with Crippen LogP contribution in [0.3, 0.4) is 0 Å². The number of hydrogen-bond donors (Lipinski definition) is 0. The molecule has 8 heteroatoms. The van der Waals surface area contributed by atoms with Gasteiger partial charge in [-0.1, -0.05) is 135 Å². The predicted octanol–water partition coefficient (Wildman–Crippen LogP) is 13.3. The van der Waals surface area contributed by atoms with Gasteiger partial charge in [0, 0.05) is 22.7 Å². The van der Waals surface area contributed by atoms with Gasteiger partial charge in [-0.05, 0) is 97.9 Å². The number of benzene rings is 4. The summed E-state index contributed by atoms with van der Waals surface area (Å²) in [6, 6.07) is 34.0. The molecule has 0 heterocycles. The normalized spacial score (nSPS) is 10.2. The van der Waals surface area contributed by atoms with Crippen molar-refractivity contribution in [2.75, 3.05) is 9.80 Å². The third-order valence-electron chi connectivity index (χ3n) is 8.49. The molecule has 0 fully saturated rings. The van der Waals surface area contributed by atoms with Gasteiger partial charge in [0.1, 0.15) is 0 Å². The molecule has 0 radical (unpaired) electrons.